The minimum absolute atomic E-state index is 0.221. The second-order valence-corrected chi connectivity index (χ2v) is 4.04. The van der Waals surface area contributed by atoms with Gasteiger partial charge in [0.1, 0.15) is 11.5 Å². The zero-order valence-corrected chi connectivity index (χ0v) is 11.3. The Morgan fingerprint density at radius 3 is 2.74 bits per heavy atom. The van der Waals surface area contributed by atoms with E-state index in [1.807, 2.05) is 0 Å². The Morgan fingerprint density at radius 2 is 2.16 bits per heavy atom. The van der Waals surface area contributed by atoms with Crippen LogP contribution in [0.5, 0.6) is 11.5 Å². The number of aliphatic hydroxyl groups is 1. The molecule has 0 fully saturated rings. The zero-order chi connectivity index (χ0) is 14.3. The third-order valence-electron chi connectivity index (χ3n) is 2.42. The van der Waals surface area contributed by atoms with Gasteiger partial charge in [0.2, 0.25) is 5.91 Å². The summed E-state index contributed by atoms with van der Waals surface area (Å²) >= 11 is 0. The van der Waals surface area contributed by atoms with Gasteiger partial charge >= 0.3 is 0 Å². The number of nitrogens with one attached hydrogen (secondary N) is 1. The average molecular weight is 265 g/mol. The van der Waals surface area contributed by atoms with E-state index in [9.17, 15) is 4.79 Å². The molecular formula is C14H19NO4. The number of carbonyl (C=O) groups is 1. The molecule has 0 aliphatic rings. The SMILES string of the molecule is COc1ccc(OC)c(/C=C/C(=O)NCC(C)O)c1. The second kappa shape index (κ2) is 7.43. The Labute approximate surface area is 112 Å². The molecule has 1 atom stereocenters. The number of carbonyl (C=O) groups excluding carboxylic acids is 1. The molecule has 1 aromatic carbocycles. The molecule has 0 spiro atoms. The van der Waals surface area contributed by atoms with Crippen molar-refractivity contribution < 1.29 is 19.4 Å². The molecule has 5 nitrogen and oxygen atoms in total. The molecule has 0 bridgehead atoms. The minimum Gasteiger partial charge on any atom is -0.497 e. The molecular weight excluding hydrogens is 246 g/mol. The maximum atomic E-state index is 11.5. The van der Waals surface area contributed by atoms with E-state index in [2.05, 4.69) is 5.32 Å². The van der Waals surface area contributed by atoms with Gasteiger partial charge in [-0.3, -0.25) is 4.79 Å². The van der Waals surface area contributed by atoms with Gasteiger partial charge in [-0.15, -0.1) is 0 Å². The van der Waals surface area contributed by atoms with E-state index in [1.165, 1.54) is 6.08 Å². The van der Waals surface area contributed by atoms with Crippen LogP contribution in [0.15, 0.2) is 24.3 Å². The summed E-state index contributed by atoms with van der Waals surface area (Å²) in [5.74, 6) is 1.07. The fourth-order valence-corrected chi connectivity index (χ4v) is 1.44. The summed E-state index contributed by atoms with van der Waals surface area (Å²) < 4.78 is 10.3. The van der Waals surface area contributed by atoms with E-state index in [1.54, 1.807) is 45.4 Å². The number of aliphatic hydroxyl groups excluding tert-OH is 1. The fourth-order valence-electron chi connectivity index (χ4n) is 1.44. The summed E-state index contributed by atoms with van der Waals surface area (Å²) in [6.45, 7) is 1.83. The number of methoxy groups -OCH3 is 2. The van der Waals surface area contributed by atoms with E-state index in [0.717, 1.165) is 5.56 Å². The van der Waals surface area contributed by atoms with Gasteiger partial charge in [0.05, 0.1) is 20.3 Å². The predicted molar refractivity (Wildman–Crippen MR) is 73.3 cm³/mol. The van der Waals surface area contributed by atoms with Crippen LogP contribution in [0.4, 0.5) is 0 Å². The van der Waals surface area contributed by atoms with Gasteiger partial charge in [0.15, 0.2) is 0 Å². The van der Waals surface area contributed by atoms with Crippen LogP contribution in [0.1, 0.15) is 12.5 Å². The Hall–Kier alpha value is -2.01. The topological polar surface area (TPSA) is 67.8 Å². The molecule has 0 heterocycles. The van der Waals surface area contributed by atoms with Gasteiger partial charge in [-0.2, -0.15) is 0 Å². The first-order valence-corrected chi connectivity index (χ1v) is 5.92. The summed E-state index contributed by atoms with van der Waals surface area (Å²) in [5, 5.41) is 11.6. The van der Waals surface area contributed by atoms with E-state index in [0.29, 0.717) is 11.5 Å². The number of rotatable bonds is 6. The summed E-state index contributed by atoms with van der Waals surface area (Å²) in [7, 11) is 3.14. The number of hydrogen-bond acceptors (Lipinski definition) is 4. The highest BCUT2D eigenvalue weighted by molar-refractivity contribution is 5.92. The van der Waals surface area contributed by atoms with E-state index < -0.39 is 6.10 Å². The van der Waals surface area contributed by atoms with Crippen LogP contribution in [0.2, 0.25) is 0 Å². The summed E-state index contributed by atoms with van der Waals surface area (Å²) in [6, 6.07) is 5.33. The lowest BCUT2D eigenvalue weighted by atomic mass is 10.1. The van der Waals surface area contributed by atoms with Gasteiger partial charge in [-0.25, -0.2) is 0 Å². The van der Waals surface area contributed by atoms with Crippen molar-refractivity contribution in [1.29, 1.82) is 0 Å². The third-order valence-corrected chi connectivity index (χ3v) is 2.42. The lowest BCUT2D eigenvalue weighted by molar-refractivity contribution is -0.116. The van der Waals surface area contributed by atoms with Crippen LogP contribution >= 0.6 is 0 Å². The number of amides is 1. The second-order valence-electron chi connectivity index (χ2n) is 4.04. The first-order chi connectivity index (χ1) is 9.06. The van der Waals surface area contributed by atoms with E-state index >= 15 is 0 Å². The largest absolute Gasteiger partial charge is 0.497 e. The highest BCUT2D eigenvalue weighted by Crippen LogP contribution is 2.24. The standard InChI is InChI=1S/C14H19NO4/c1-10(16)9-15-14(17)7-4-11-8-12(18-2)5-6-13(11)19-3/h4-8,10,16H,9H2,1-3H3,(H,15,17)/b7-4+. The lowest BCUT2D eigenvalue weighted by Gasteiger charge is -2.07. The Balaban J connectivity index is 2.76. The maximum absolute atomic E-state index is 11.5. The first kappa shape index (κ1) is 15.0. The minimum atomic E-state index is -0.566. The van der Waals surface area contributed by atoms with Crippen LogP contribution in [0, 0.1) is 0 Å². The van der Waals surface area contributed by atoms with Gasteiger partial charge in [-0.1, -0.05) is 0 Å². The highest BCUT2D eigenvalue weighted by Gasteiger charge is 2.03. The molecule has 0 radical (unpaired) electrons. The smallest absolute Gasteiger partial charge is 0.244 e. The maximum Gasteiger partial charge on any atom is 0.244 e. The molecule has 0 saturated heterocycles. The van der Waals surface area contributed by atoms with E-state index in [-0.39, 0.29) is 12.5 Å². The van der Waals surface area contributed by atoms with Crippen molar-refractivity contribution in [1.82, 2.24) is 5.32 Å². The summed E-state index contributed by atoms with van der Waals surface area (Å²) in [4.78, 5) is 11.5. The van der Waals surface area contributed by atoms with Crippen LogP contribution in [-0.2, 0) is 4.79 Å². The van der Waals surface area contributed by atoms with Crippen molar-refractivity contribution in [2.24, 2.45) is 0 Å². The van der Waals surface area contributed by atoms with Gasteiger partial charge in [0, 0.05) is 18.2 Å². The van der Waals surface area contributed by atoms with Crippen molar-refractivity contribution in [3.63, 3.8) is 0 Å². The summed E-state index contributed by atoms with van der Waals surface area (Å²) in [6.07, 6.45) is 2.46. The molecule has 1 aromatic rings. The fraction of sp³-hybridized carbons (Fsp3) is 0.357. The van der Waals surface area contributed by atoms with Gasteiger partial charge < -0.3 is 19.9 Å². The number of hydrogen-bond donors (Lipinski definition) is 2. The van der Waals surface area contributed by atoms with Crippen molar-refractivity contribution in [2.75, 3.05) is 20.8 Å². The molecule has 5 heteroatoms. The summed E-state index contributed by atoms with van der Waals surface area (Å²) in [5.41, 5.74) is 0.744. The van der Waals surface area contributed by atoms with Crippen molar-refractivity contribution >= 4 is 12.0 Å². The quantitative estimate of drug-likeness (QED) is 0.759. The molecule has 104 valence electrons. The molecule has 1 amide bonds. The average Bonchev–Trinajstić information content (AvgIpc) is 2.42. The van der Waals surface area contributed by atoms with E-state index in [4.69, 9.17) is 14.6 Å². The Morgan fingerprint density at radius 1 is 1.42 bits per heavy atom. The van der Waals surface area contributed by atoms with Gasteiger partial charge in [-0.05, 0) is 31.2 Å². The Bertz CT molecular complexity index is 455. The predicted octanol–water partition coefficient (Wildman–Crippen LogP) is 1.21. The van der Waals surface area contributed by atoms with Crippen LogP contribution < -0.4 is 14.8 Å². The molecule has 19 heavy (non-hydrogen) atoms. The number of benzene rings is 1. The monoisotopic (exact) mass is 265 g/mol. The van der Waals surface area contributed by atoms with Crippen LogP contribution in [-0.4, -0.2) is 37.9 Å². The molecule has 0 aliphatic heterocycles. The molecule has 1 unspecified atom stereocenters. The van der Waals surface area contributed by atoms with Crippen molar-refractivity contribution in [2.45, 2.75) is 13.0 Å². The first-order valence-electron chi connectivity index (χ1n) is 5.92. The number of ether oxygens (including phenoxy) is 2. The molecule has 0 saturated carbocycles. The van der Waals surface area contributed by atoms with Crippen molar-refractivity contribution in [3.8, 4) is 11.5 Å². The molecule has 2 N–H and O–H groups in total. The lowest BCUT2D eigenvalue weighted by Crippen LogP contribution is -2.28. The third kappa shape index (κ3) is 5.01. The molecule has 1 rings (SSSR count). The van der Waals surface area contributed by atoms with Gasteiger partial charge in [0.25, 0.3) is 0 Å². The van der Waals surface area contributed by atoms with Crippen LogP contribution in [0.3, 0.4) is 0 Å². The van der Waals surface area contributed by atoms with Crippen LogP contribution in [0.25, 0.3) is 6.08 Å². The highest BCUT2D eigenvalue weighted by atomic mass is 16.5. The normalized spacial score (nSPS) is 12.2. The zero-order valence-electron chi connectivity index (χ0n) is 11.3. The Kier molecular flexibility index (Phi) is 5.89. The molecule has 0 aromatic heterocycles. The van der Waals surface area contributed by atoms with Crippen molar-refractivity contribution in [3.05, 3.63) is 29.8 Å². The molecule has 0 aliphatic carbocycles.